The molecule has 0 bridgehead atoms. The zero-order valence-corrected chi connectivity index (χ0v) is 9.37. The van der Waals surface area contributed by atoms with E-state index < -0.39 is 28.4 Å². The highest BCUT2D eigenvalue weighted by Gasteiger charge is 2.27. The number of nitro groups is 1. The third-order valence-electron chi connectivity index (χ3n) is 2.45. The van der Waals surface area contributed by atoms with Crippen molar-refractivity contribution in [3.05, 3.63) is 39.7 Å². The van der Waals surface area contributed by atoms with Crippen molar-refractivity contribution >= 4 is 17.5 Å². The summed E-state index contributed by atoms with van der Waals surface area (Å²) in [6.45, 7) is -0.104. The molecule has 0 spiro atoms. The van der Waals surface area contributed by atoms with Crippen molar-refractivity contribution in [3.63, 3.8) is 0 Å². The van der Waals surface area contributed by atoms with Gasteiger partial charge in [0, 0.05) is 11.6 Å². The van der Waals surface area contributed by atoms with Gasteiger partial charge in [-0.25, -0.2) is 10.5 Å². The van der Waals surface area contributed by atoms with Crippen molar-refractivity contribution in [1.29, 1.82) is 0 Å². The molecule has 1 aromatic carbocycles. The molecule has 8 nitrogen and oxygen atoms in total. The van der Waals surface area contributed by atoms with Crippen molar-refractivity contribution in [2.45, 2.75) is 6.04 Å². The molecule has 0 unspecified atom stereocenters. The number of carbonyl (C=O) groups is 1. The highest BCUT2D eigenvalue weighted by molar-refractivity contribution is 5.98. The van der Waals surface area contributed by atoms with E-state index in [1.807, 2.05) is 0 Å². The lowest BCUT2D eigenvalue weighted by Gasteiger charge is -2.01. The molecule has 100 valence electrons. The predicted octanol–water partition coefficient (Wildman–Crippen LogP) is 0.385. The molecule has 1 heterocycles. The molecule has 9 heteroatoms. The van der Waals surface area contributed by atoms with Gasteiger partial charge < -0.3 is 4.74 Å². The third kappa shape index (κ3) is 2.50. The molecule has 0 saturated carbocycles. The zero-order chi connectivity index (χ0) is 14.0. The van der Waals surface area contributed by atoms with E-state index in [1.54, 1.807) is 0 Å². The third-order valence-corrected chi connectivity index (χ3v) is 2.45. The summed E-state index contributed by atoms with van der Waals surface area (Å²) in [6, 6.07) is 2.19. The largest absolute Gasteiger partial charge is 0.475 e. The summed E-state index contributed by atoms with van der Waals surface area (Å²) in [5.41, 5.74) is 0.896. The Morgan fingerprint density at radius 3 is 3.00 bits per heavy atom. The summed E-state index contributed by atoms with van der Waals surface area (Å²) in [5, 5.41) is 19.0. The minimum absolute atomic E-state index is 0.0169. The molecule has 0 radical (unpaired) electrons. The Bertz CT molecular complexity index is 574. The fourth-order valence-corrected chi connectivity index (χ4v) is 1.53. The van der Waals surface area contributed by atoms with Crippen LogP contribution in [0.1, 0.15) is 5.56 Å². The normalized spacial score (nSPS) is 17.6. The van der Waals surface area contributed by atoms with E-state index in [0.717, 1.165) is 12.1 Å². The molecule has 19 heavy (non-hydrogen) atoms. The number of ether oxygens (including phenoxy) is 1. The van der Waals surface area contributed by atoms with Gasteiger partial charge >= 0.3 is 5.69 Å². The molecule has 1 atom stereocenters. The van der Waals surface area contributed by atoms with Crippen LogP contribution in [0.4, 0.5) is 10.1 Å². The summed E-state index contributed by atoms with van der Waals surface area (Å²) in [6.07, 6.45) is 0. The van der Waals surface area contributed by atoms with E-state index in [4.69, 9.17) is 9.94 Å². The van der Waals surface area contributed by atoms with Crippen LogP contribution in [0.5, 0.6) is 0 Å². The van der Waals surface area contributed by atoms with E-state index in [2.05, 4.69) is 4.99 Å². The number of hydrogen-bond donors (Lipinski definition) is 2. The standard InChI is InChI=1S/C10H8FN3O5/c11-6-2-1-5(3-8(6)14(17)18)10-12-7(4-19-10)9(15)13-16/h1-3,7,16H,4H2,(H,13,15)/t7-/m1/s1. The van der Waals surface area contributed by atoms with Crippen LogP contribution in [0.2, 0.25) is 0 Å². The quantitative estimate of drug-likeness (QED) is 0.468. The summed E-state index contributed by atoms with van der Waals surface area (Å²) in [7, 11) is 0. The Morgan fingerprint density at radius 1 is 1.63 bits per heavy atom. The fourth-order valence-electron chi connectivity index (χ4n) is 1.53. The molecule has 0 fully saturated rings. The van der Waals surface area contributed by atoms with Crippen LogP contribution in [-0.4, -0.2) is 34.6 Å². The first-order valence-electron chi connectivity index (χ1n) is 5.12. The Kier molecular flexibility index (Phi) is 3.38. The Labute approximate surface area is 105 Å². The first-order valence-corrected chi connectivity index (χ1v) is 5.12. The van der Waals surface area contributed by atoms with Crippen LogP contribution in [0.25, 0.3) is 0 Å². The molecule has 1 aliphatic rings. The molecular formula is C10H8FN3O5. The fraction of sp³-hybridized carbons (Fsp3) is 0.200. The number of hydroxylamine groups is 1. The van der Waals surface area contributed by atoms with E-state index in [9.17, 15) is 19.3 Å². The van der Waals surface area contributed by atoms with Gasteiger partial charge in [0.1, 0.15) is 6.61 Å². The minimum atomic E-state index is -0.975. The highest BCUT2D eigenvalue weighted by Crippen LogP contribution is 2.21. The van der Waals surface area contributed by atoms with Crippen molar-refractivity contribution in [2.75, 3.05) is 6.61 Å². The maximum Gasteiger partial charge on any atom is 0.305 e. The highest BCUT2D eigenvalue weighted by atomic mass is 19.1. The van der Waals surface area contributed by atoms with Crippen molar-refractivity contribution in [3.8, 4) is 0 Å². The molecule has 0 aromatic heterocycles. The molecular weight excluding hydrogens is 261 g/mol. The summed E-state index contributed by atoms with van der Waals surface area (Å²) in [5.74, 6) is -1.75. The molecule has 1 aromatic rings. The monoisotopic (exact) mass is 269 g/mol. The van der Waals surface area contributed by atoms with Gasteiger partial charge in [-0.15, -0.1) is 0 Å². The lowest BCUT2D eigenvalue weighted by molar-refractivity contribution is -0.387. The van der Waals surface area contributed by atoms with E-state index >= 15 is 0 Å². The number of nitrogens with one attached hydrogen (secondary N) is 1. The van der Waals surface area contributed by atoms with Crippen LogP contribution in [0.3, 0.4) is 0 Å². The number of nitrogens with zero attached hydrogens (tertiary/aromatic N) is 2. The van der Waals surface area contributed by atoms with Crippen LogP contribution < -0.4 is 5.48 Å². The average Bonchev–Trinajstić information content (AvgIpc) is 2.87. The van der Waals surface area contributed by atoms with E-state index in [-0.39, 0.29) is 18.1 Å². The lowest BCUT2D eigenvalue weighted by atomic mass is 10.2. The average molecular weight is 269 g/mol. The van der Waals surface area contributed by atoms with Crippen LogP contribution in [0.15, 0.2) is 23.2 Å². The molecule has 0 saturated heterocycles. The summed E-state index contributed by atoms with van der Waals surface area (Å²) in [4.78, 5) is 24.7. The van der Waals surface area contributed by atoms with Gasteiger partial charge in [0.2, 0.25) is 11.7 Å². The Morgan fingerprint density at radius 2 is 2.37 bits per heavy atom. The van der Waals surface area contributed by atoms with Gasteiger partial charge in [-0.1, -0.05) is 0 Å². The predicted molar refractivity (Wildman–Crippen MR) is 59.3 cm³/mol. The van der Waals surface area contributed by atoms with Crippen molar-refractivity contribution < 1.29 is 24.1 Å². The Hall–Kier alpha value is -2.55. The summed E-state index contributed by atoms with van der Waals surface area (Å²) >= 11 is 0. The number of amides is 1. The van der Waals surface area contributed by atoms with E-state index in [0.29, 0.717) is 0 Å². The second kappa shape index (κ2) is 4.98. The van der Waals surface area contributed by atoms with Crippen LogP contribution in [-0.2, 0) is 9.53 Å². The Balaban J connectivity index is 2.31. The zero-order valence-electron chi connectivity index (χ0n) is 9.37. The van der Waals surface area contributed by atoms with Gasteiger partial charge in [-0.3, -0.25) is 20.1 Å². The molecule has 0 aliphatic carbocycles. The molecule has 2 rings (SSSR count). The number of halogens is 1. The van der Waals surface area contributed by atoms with E-state index in [1.165, 1.54) is 11.5 Å². The van der Waals surface area contributed by atoms with Gasteiger partial charge in [-0.2, -0.15) is 4.39 Å². The molecule has 1 amide bonds. The molecule has 1 aliphatic heterocycles. The van der Waals surface area contributed by atoms with Gasteiger partial charge in [-0.05, 0) is 12.1 Å². The van der Waals surface area contributed by atoms with Crippen LogP contribution >= 0.6 is 0 Å². The topological polar surface area (TPSA) is 114 Å². The van der Waals surface area contributed by atoms with Crippen molar-refractivity contribution in [2.24, 2.45) is 4.99 Å². The summed E-state index contributed by atoms with van der Waals surface area (Å²) < 4.78 is 18.2. The maximum atomic E-state index is 13.1. The molecule has 2 N–H and O–H groups in total. The second-order valence-corrected chi connectivity index (χ2v) is 3.66. The minimum Gasteiger partial charge on any atom is -0.475 e. The smallest absolute Gasteiger partial charge is 0.305 e. The first-order chi connectivity index (χ1) is 9.02. The van der Waals surface area contributed by atoms with Gasteiger partial charge in [0.15, 0.2) is 6.04 Å². The SMILES string of the molecule is O=C(NO)[C@H]1COC(c2ccc(F)c([N+](=O)[O-])c2)=N1. The van der Waals surface area contributed by atoms with Crippen LogP contribution in [0, 0.1) is 15.9 Å². The van der Waals surface area contributed by atoms with Gasteiger partial charge in [0.25, 0.3) is 5.91 Å². The maximum absolute atomic E-state index is 13.1. The van der Waals surface area contributed by atoms with Crippen molar-refractivity contribution in [1.82, 2.24) is 5.48 Å². The first kappa shape index (κ1) is 12.9. The number of rotatable bonds is 3. The number of aliphatic imine (C=N–C) groups is 1. The lowest BCUT2D eigenvalue weighted by Crippen LogP contribution is -2.31. The van der Waals surface area contributed by atoms with Gasteiger partial charge in [0.05, 0.1) is 4.92 Å². The number of benzene rings is 1. The number of carbonyl (C=O) groups excluding carboxylic acids is 1. The number of hydrogen-bond acceptors (Lipinski definition) is 6. The number of nitro benzene ring substituents is 1. The second-order valence-electron chi connectivity index (χ2n) is 3.66.